The van der Waals surface area contributed by atoms with Crippen molar-refractivity contribution < 1.29 is 17.9 Å². The average molecular weight is 468 g/mol. The molecule has 1 aliphatic heterocycles. The number of aromatic nitrogens is 2. The molecule has 2 heterocycles. The highest BCUT2D eigenvalue weighted by Crippen LogP contribution is 2.21. The van der Waals surface area contributed by atoms with E-state index in [0.717, 1.165) is 0 Å². The largest absolute Gasteiger partial charge is 0.494 e. The summed E-state index contributed by atoms with van der Waals surface area (Å²) in [6.45, 7) is 4.66. The van der Waals surface area contributed by atoms with E-state index in [4.69, 9.17) is 4.74 Å². The van der Waals surface area contributed by atoms with Crippen LogP contribution in [0.25, 0.3) is 0 Å². The predicted molar refractivity (Wildman–Crippen MR) is 125 cm³/mol. The van der Waals surface area contributed by atoms with Crippen LogP contribution in [0.1, 0.15) is 17.3 Å². The summed E-state index contributed by atoms with van der Waals surface area (Å²) in [5.74, 6) is 1.10. The molecule has 1 fully saturated rings. The van der Waals surface area contributed by atoms with Crippen molar-refractivity contribution in [1.82, 2.24) is 14.9 Å². The summed E-state index contributed by atoms with van der Waals surface area (Å²) in [6, 6.07) is 14.5. The summed E-state index contributed by atoms with van der Waals surface area (Å²) < 4.78 is 33.4. The first-order chi connectivity index (χ1) is 16.0. The number of anilines is 2. The van der Waals surface area contributed by atoms with Crippen LogP contribution in [0.2, 0.25) is 0 Å². The molecule has 0 bridgehead atoms. The van der Waals surface area contributed by atoms with Gasteiger partial charge in [0.1, 0.15) is 5.75 Å². The molecule has 0 unspecified atom stereocenters. The van der Waals surface area contributed by atoms with Crippen LogP contribution >= 0.6 is 0 Å². The fourth-order valence-electron chi connectivity index (χ4n) is 3.56. The third-order valence-electron chi connectivity index (χ3n) is 5.21. The van der Waals surface area contributed by atoms with Crippen molar-refractivity contribution in [2.24, 2.45) is 0 Å². The Morgan fingerprint density at radius 3 is 2.36 bits per heavy atom. The number of nitrogens with zero attached hydrogens (tertiary/aromatic N) is 4. The Morgan fingerprint density at radius 1 is 1.00 bits per heavy atom. The zero-order valence-corrected chi connectivity index (χ0v) is 19.0. The number of hydrogen-bond acceptors (Lipinski definition) is 7. The Bertz CT molecular complexity index is 1200. The lowest BCUT2D eigenvalue weighted by Gasteiger charge is -2.34. The second-order valence-electron chi connectivity index (χ2n) is 7.42. The van der Waals surface area contributed by atoms with Gasteiger partial charge in [-0.15, -0.1) is 0 Å². The number of carbonyl (C=O) groups is 1. The van der Waals surface area contributed by atoms with Crippen molar-refractivity contribution in [2.75, 3.05) is 42.4 Å². The molecular weight excluding hydrogens is 442 g/mol. The molecule has 0 radical (unpaired) electrons. The molecular formula is C23H25N5O4S. The van der Waals surface area contributed by atoms with Gasteiger partial charge < -0.3 is 14.5 Å². The number of hydrogen-bond donors (Lipinski definition) is 1. The lowest BCUT2D eigenvalue weighted by atomic mass is 10.1. The molecule has 1 amide bonds. The Morgan fingerprint density at radius 2 is 1.70 bits per heavy atom. The highest BCUT2D eigenvalue weighted by molar-refractivity contribution is 7.92. The Labute approximate surface area is 193 Å². The van der Waals surface area contributed by atoms with Crippen molar-refractivity contribution in [1.29, 1.82) is 0 Å². The van der Waals surface area contributed by atoms with Crippen molar-refractivity contribution in [3.8, 4) is 5.75 Å². The maximum atomic E-state index is 13.0. The van der Waals surface area contributed by atoms with Crippen molar-refractivity contribution >= 4 is 27.6 Å². The fraction of sp³-hybridized carbons (Fsp3) is 0.261. The first-order valence-corrected chi connectivity index (χ1v) is 12.1. The monoisotopic (exact) mass is 467 g/mol. The molecule has 1 aliphatic rings. The van der Waals surface area contributed by atoms with Crippen LogP contribution in [0.4, 0.5) is 11.6 Å². The molecule has 172 valence electrons. The molecule has 1 N–H and O–H groups in total. The third-order valence-corrected chi connectivity index (χ3v) is 6.61. The van der Waals surface area contributed by atoms with Crippen molar-refractivity contribution in [3.05, 3.63) is 72.6 Å². The van der Waals surface area contributed by atoms with Crippen LogP contribution in [0, 0.1) is 0 Å². The number of benzene rings is 2. The molecule has 9 nitrogen and oxygen atoms in total. The fourth-order valence-corrected chi connectivity index (χ4v) is 4.61. The van der Waals surface area contributed by atoms with Crippen LogP contribution in [0.3, 0.4) is 0 Å². The molecule has 0 atom stereocenters. The van der Waals surface area contributed by atoms with Crippen molar-refractivity contribution in [2.45, 2.75) is 11.8 Å². The lowest BCUT2D eigenvalue weighted by molar-refractivity contribution is 0.0746. The van der Waals surface area contributed by atoms with Gasteiger partial charge in [-0.05, 0) is 55.5 Å². The van der Waals surface area contributed by atoms with Gasteiger partial charge in [0.25, 0.3) is 15.9 Å². The zero-order valence-electron chi connectivity index (χ0n) is 18.2. The summed E-state index contributed by atoms with van der Waals surface area (Å²) in [6.07, 6.45) is 3.39. The number of amides is 1. The summed E-state index contributed by atoms with van der Waals surface area (Å²) in [4.78, 5) is 25.4. The molecule has 1 aromatic heterocycles. The van der Waals surface area contributed by atoms with Crippen LogP contribution in [0.15, 0.2) is 71.9 Å². The van der Waals surface area contributed by atoms with E-state index in [-0.39, 0.29) is 10.8 Å². The molecule has 0 saturated carbocycles. The van der Waals surface area contributed by atoms with E-state index in [1.54, 1.807) is 59.8 Å². The third kappa shape index (κ3) is 5.40. The Hall–Kier alpha value is -3.66. The van der Waals surface area contributed by atoms with Gasteiger partial charge in [-0.2, -0.15) is 0 Å². The van der Waals surface area contributed by atoms with Crippen molar-refractivity contribution in [3.63, 3.8) is 0 Å². The summed E-state index contributed by atoms with van der Waals surface area (Å²) in [7, 11) is -3.80. The lowest BCUT2D eigenvalue weighted by Crippen LogP contribution is -2.49. The molecule has 0 aliphatic carbocycles. The molecule has 4 rings (SSSR count). The number of nitrogens with one attached hydrogen (secondary N) is 1. The van der Waals surface area contributed by atoms with E-state index < -0.39 is 10.0 Å². The second-order valence-corrected chi connectivity index (χ2v) is 9.10. The minimum atomic E-state index is -3.80. The molecule has 0 spiro atoms. The van der Waals surface area contributed by atoms with Gasteiger partial charge in [0, 0.05) is 49.8 Å². The Balaban J connectivity index is 1.41. The average Bonchev–Trinajstić information content (AvgIpc) is 2.85. The summed E-state index contributed by atoms with van der Waals surface area (Å²) in [5, 5.41) is 0. The number of piperazine rings is 1. The summed E-state index contributed by atoms with van der Waals surface area (Å²) >= 11 is 0. The van der Waals surface area contributed by atoms with E-state index in [2.05, 4.69) is 14.7 Å². The van der Waals surface area contributed by atoms with E-state index in [0.29, 0.717) is 55.7 Å². The first-order valence-electron chi connectivity index (χ1n) is 10.6. The number of ether oxygens (including phenoxy) is 1. The predicted octanol–water partition coefficient (Wildman–Crippen LogP) is 2.64. The molecule has 10 heteroatoms. The van der Waals surface area contributed by atoms with E-state index in [1.807, 2.05) is 11.8 Å². The standard InChI is InChI=1S/C23H25N5O4S/c1-2-32-20-7-9-21(10-8-20)33(30,31)26-19-6-3-5-18(17-19)22(29)27-13-15-28(16-14-27)23-24-11-4-12-25-23/h3-12,17,26H,2,13-16H2,1H3. The maximum Gasteiger partial charge on any atom is 0.261 e. The molecule has 3 aromatic rings. The zero-order chi connectivity index (χ0) is 23.3. The molecule has 33 heavy (non-hydrogen) atoms. The van der Waals surface area contributed by atoms with E-state index in [1.165, 1.54) is 12.1 Å². The topological polar surface area (TPSA) is 105 Å². The minimum Gasteiger partial charge on any atom is -0.494 e. The first kappa shape index (κ1) is 22.5. The van der Waals surface area contributed by atoms with E-state index >= 15 is 0 Å². The van der Waals surface area contributed by atoms with Gasteiger partial charge in [-0.1, -0.05) is 6.07 Å². The van der Waals surface area contributed by atoms with Gasteiger partial charge in [-0.25, -0.2) is 18.4 Å². The summed E-state index contributed by atoms with van der Waals surface area (Å²) in [5.41, 5.74) is 0.748. The SMILES string of the molecule is CCOc1ccc(S(=O)(=O)Nc2cccc(C(=O)N3CCN(c4ncccn4)CC3)c2)cc1. The smallest absolute Gasteiger partial charge is 0.261 e. The molecule has 2 aromatic carbocycles. The van der Waals surface area contributed by atoms with Gasteiger partial charge in [0.05, 0.1) is 11.5 Å². The van der Waals surface area contributed by atoms with Crippen LogP contribution in [-0.2, 0) is 10.0 Å². The highest BCUT2D eigenvalue weighted by atomic mass is 32.2. The van der Waals surface area contributed by atoms with Gasteiger partial charge in [0.2, 0.25) is 5.95 Å². The van der Waals surface area contributed by atoms with Crippen LogP contribution < -0.4 is 14.4 Å². The maximum absolute atomic E-state index is 13.0. The van der Waals surface area contributed by atoms with E-state index in [9.17, 15) is 13.2 Å². The quantitative estimate of drug-likeness (QED) is 0.570. The number of carbonyl (C=O) groups excluding carboxylic acids is 1. The Kier molecular flexibility index (Phi) is 6.74. The number of rotatable bonds is 7. The minimum absolute atomic E-state index is 0.113. The van der Waals surface area contributed by atoms with Gasteiger partial charge >= 0.3 is 0 Å². The molecule has 1 saturated heterocycles. The van der Waals surface area contributed by atoms with Crippen LogP contribution in [-0.4, -0.2) is 62.0 Å². The van der Waals surface area contributed by atoms with Gasteiger partial charge in [-0.3, -0.25) is 9.52 Å². The second kappa shape index (κ2) is 9.86. The van der Waals surface area contributed by atoms with Gasteiger partial charge in [0.15, 0.2) is 0 Å². The highest BCUT2D eigenvalue weighted by Gasteiger charge is 2.24. The van der Waals surface area contributed by atoms with Crippen LogP contribution in [0.5, 0.6) is 5.75 Å². The normalized spacial score (nSPS) is 14.1. The number of sulfonamides is 1.